The highest BCUT2D eigenvalue weighted by Gasteiger charge is 2.28. The summed E-state index contributed by atoms with van der Waals surface area (Å²) in [5.41, 5.74) is 4.27. The molecular weight excluding hydrogens is 444 g/mol. The van der Waals surface area contributed by atoms with Crippen molar-refractivity contribution in [1.82, 2.24) is 5.32 Å². The van der Waals surface area contributed by atoms with E-state index in [2.05, 4.69) is 11.4 Å². The third-order valence-corrected chi connectivity index (χ3v) is 7.32. The van der Waals surface area contributed by atoms with Crippen LogP contribution in [0.4, 0.5) is 5.69 Å². The van der Waals surface area contributed by atoms with E-state index in [9.17, 15) is 13.2 Å². The first kappa shape index (κ1) is 23.8. The van der Waals surface area contributed by atoms with Crippen molar-refractivity contribution in [2.45, 2.75) is 38.6 Å². The molecule has 0 spiro atoms. The highest BCUT2D eigenvalue weighted by Crippen LogP contribution is 2.29. The van der Waals surface area contributed by atoms with Crippen LogP contribution in [-0.2, 0) is 14.8 Å². The Bertz CT molecular complexity index is 1230. The van der Waals surface area contributed by atoms with Crippen LogP contribution in [0.25, 0.3) is 0 Å². The monoisotopic (exact) mass is 470 g/mol. The highest BCUT2D eigenvalue weighted by molar-refractivity contribution is 7.92. The van der Waals surface area contributed by atoms with Gasteiger partial charge in [0, 0.05) is 5.02 Å². The minimum Gasteiger partial charge on any atom is -0.348 e. The van der Waals surface area contributed by atoms with Gasteiger partial charge in [-0.1, -0.05) is 53.6 Å². The van der Waals surface area contributed by atoms with Gasteiger partial charge in [0.1, 0.15) is 6.54 Å². The van der Waals surface area contributed by atoms with Crippen molar-refractivity contribution in [2.75, 3.05) is 10.8 Å². The smallest absolute Gasteiger partial charge is 0.264 e. The number of hydrogen-bond acceptors (Lipinski definition) is 3. The lowest BCUT2D eigenvalue weighted by Gasteiger charge is -2.27. The third kappa shape index (κ3) is 5.31. The van der Waals surface area contributed by atoms with E-state index in [0.29, 0.717) is 16.3 Å². The Hall–Kier alpha value is -2.83. The van der Waals surface area contributed by atoms with Crippen LogP contribution in [0.3, 0.4) is 0 Å². The molecule has 0 unspecified atom stereocenters. The molecule has 1 amide bonds. The quantitative estimate of drug-likeness (QED) is 0.507. The summed E-state index contributed by atoms with van der Waals surface area (Å²) in [7, 11) is -3.97. The molecule has 7 heteroatoms. The molecule has 1 atom stereocenters. The molecule has 0 aromatic heterocycles. The van der Waals surface area contributed by atoms with Gasteiger partial charge in [-0.05, 0) is 74.7 Å². The second kappa shape index (κ2) is 9.76. The number of nitrogens with one attached hydrogen (secondary N) is 1. The lowest BCUT2D eigenvalue weighted by atomic mass is 10.0. The fourth-order valence-electron chi connectivity index (χ4n) is 3.72. The molecule has 0 aliphatic carbocycles. The number of amides is 1. The van der Waals surface area contributed by atoms with Gasteiger partial charge in [0.05, 0.1) is 16.6 Å². The van der Waals surface area contributed by atoms with Crippen LogP contribution >= 0.6 is 11.6 Å². The molecule has 0 saturated carbocycles. The predicted octanol–water partition coefficient (Wildman–Crippen LogP) is 5.34. The summed E-state index contributed by atoms with van der Waals surface area (Å²) >= 11 is 6.07. The van der Waals surface area contributed by atoms with E-state index in [1.807, 2.05) is 32.9 Å². The van der Waals surface area contributed by atoms with Crippen molar-refractivity contribution >= 4 is 33.2 Å². The van der Waals surface area contributed by atoms with Crippen molar-refractivity contribution in [2.24, 2.45) is 0 Å². The summed E-state index contributed by atoms with van der Waals surface area (Å²) in [6, 6.07) is 18.8. The molecule has 168 valence electrons. The Morgan fingerprint density at radius 1 is 0.969 bits per heavy atom. The highest BCUT2D eigenvalue weighted by atomic mass is 35.5. The van der Waals surface area contributed by atoms with Crippen molar-refractivity contribution in [1.29, 1.82) is 0 Å². The van der Waals surface area contributed by atoms with Gasteiger partial charge in [-0.15, -0.1) is 0 Å². The molecule has 0 bridgehead atoms. The van der Waals surface area contributed by atoms with E-state index in [-0.39, 0.29) is 17.5 Å². The van der Waals surface area contributed by atoms with E-state index < -0.39 is 15.9 Å². The Morgan fingerprint density at radius 2 is 1.66 bits per heavy atom. The standard InChI is InChI=1S/C25H27ClN2O3S/c1-17-10-12-23(18(2)14-17)20(4)27-25(29)16-28(24-13-11-21(26)15-19(24)3)32(30,31)22-8-6-5-7-9-22/h5-15,20H,16H2,1-4H3,(H,27,29)/t20-/m0/s1. The Labute approximate surface area is 195 Å². The fourth-order valence-corrected chi connectivity index (χ4v) is 5.46. The molecule has 1 N–H and O–H groups in total. The minimum absolute atomic E-state index is 0.115. The zero-order valence-electron chi connectivity index (χ0n) is 18.6. The number of halogens is 1. The molecule has 0 heterocycles. The van der Waals surface area contributed by atoms with Crippen molar-refractivity contribution < 1.29 is 13.2 Å². The number of nitrogens with zero attached hydrogens (tertiary/aromatic N) is 1. The van der Waals surface area contributed by atoms with Gasteiger partial charge in [0.15, 0.2) is 0 Å². The van der Waals surface area contributed by atoms with Gasteiger partial charge in [-0.2, -0.15) is 0 Å². The van der Waals surface area contributed by atoms with Crippen molar-refractivity contribution in [3.05, 3.63) is 94.0 Å². The molecule has 0 aliphatic rings. The molecule has 3 rings (SSSR count). The molecule has 0 saturated heterocycles. The lowest BCUT2D eigenvalue weighted by Crippen LogP contribution is -2.42. The number of rotatable bonds is 7. The van der Waals surface area contributed by atoms with E-state index in [4.69, 9.17) is 11.6 Å². The summed E-state index contributed by atoms with van der Waals surface area (Å²) < 4.78 is 28.1. The van der Waals surface area contributed by atoms with Crippen LogP contribution in [0, 0.1) is 20.8 Å². The second-order valence-electron chi connectivity index (χ2n) is 7.90. The molecule has 0 fully saturated rings. The fraction of sp³-hybridized carbons (Fsp3) is 0.240. The molecule has 3 aromatic carbocycles. The van der Waals surface area contributed by atoms with Gasteiger partial charge >= 0.3 is 0 Å². The largest absolute Gasteiger partial charge is 0.348 e. The maximum absolute atomic E-state index is 13.5. The van der Waals surface area contributed by atoms with E-state index in [1.54, 1.807) is 43.3 Å². The molecule has 0 radical (unpaired) electrons. The number of aryl methyl sites for hydroxylation is 3. The molecule has 5 nitrogen and oxygen atoms in total. The first-order valence-corrected chi connectivity index (χ1v) is 12.1. The van der Waals surface area contributed by atoms with Gasteiger partial charge in [0.2, 0.25) is 5.91 Å². The van der Waals surface area contributed by atoms with E-state index in [0.717, 1.165) is 21.0 Å². The van der Waals surface area contributed by atoms with Crippen LogP contribution in [0.2, 0.25) is 5.02 Å². The number of hydrogen-bond donors (Lipinski definition) is 1. The van der Waals surface area contributed by atoms with Crippen LogP contribution < -0.4 is 9.62 Å². The summed E-state index contributed by atoms with van der Waals surface area (Å²) in [6.07, 6.45) is 0. The Morgan fingerprint density at radius 3 is 2.28 bits per heavy atom. The predicted molar refractivity (Wildman–Crippen MR) is 130 cm³/mol. The summed E-state index contributed by atoms with van der Waals surface area (Å²) in [5, 5.41) is 3.44. The van der Waals surface area contributed by atoms with Crippen molar-refractivity contribution in [3.8, 4) is 0 Å². The lowest BCUT2D eigenvalue weighted by molar-refractivity contribution is -0.120. The first-order chi connectivity index (χ1) is 15.1. The van der Waals surface area contributed by atoms with Crippen LogP contribution in [0.15, 0.2) is 71.6 Å². The van der Waals surface area contributed by atoms with E-state index >= 15 is 0 Å². The minimum atomic E-state index is -3.97. The van der Waals surface area contributed by atoms with Crippen LogP contribution in [0.1, 0.15) is 35.2 Å². The second-order valence-corrected chi connectivity index (χ2v) is 10.2. The van der Waals surface area contributed by atoms with Gasteiger partial charge < -0.3 is 5.32 Å². The number of carbonyl (C=O) groups is 1. The maximum Gasteiger partial charge on any atom is 0.264 e. The Kier molecular flexibility index (Phi) is 7.26. The molecule has 3 aromatic rings. The van der Waals surface area contributed by atoms with Gasteiger partial charge in [-0.25, -0.2) is 8.42 Å². The van der Waals surface area contributed by atoms with E-state index in [1.165, 1.54) is 12.1 Å². The normalized spacial score (nSPS) is 12.3. The van der Waals surface area contributed by atoms with Gasteiger partial charge in [-0.3, -0.25) is 9.10 Å². The molecule has 32 heavy (non-hydrogen) atoms. The number of benzene rings is 3. The maximum atomic E-state index is 13.5. The SMILES string of the molecule is Cc1ccc([C@H](C)NC(=O)CN(c2ccc(Cl)cc2C)S(=O)(=O)c2ccccc2)c(C)c1. The zero-order valence-corrected chi connectivity index (χ0v) is 20.2. The third-order valence-electron chi connectivity index (χ3n) is 5.32. The Balaban J connectivity index is 1.93. The average molecular weight is 471 g/mol. The molecule has 0 aliphatic heterocycles. The number of sulfonamides is 1. The number of anilines is 1. The number of carbonyl (C=O) groups excluding carboxylic acids is 1. The average Bonchev–Trinajstić information content (AvgIpc) is 2.73. The summed E-state index contributed by atoms with van der Waals surface area (Å²) in [4.78, 5) is 13.1. The summed E-state index contributed by atoms with van der Waals surface area (Å²) in [6.45, 7) is 7.31. The molecular formula is C25H27ClN2O3S. The van der Waals surface area contributed by atoms with Crippen molar-refractivity contribution in [3.63, 3.8) is 0 Å². The summed E-state index contributed by atoms with van der Waals surface area (Å²) in [5.74, 6) is -0.397. The topological polar surface area (TPSA) is 66.5 Å². The zero-order chi connectivity index (χ0) is 23.5. The van der Waals surface area contributed by atoms with Crippen LogP contribution in [-0.4, -0.2) is 20.9 Å². The van der Waals surface area contributed by atoms with Crippen LogP contribution in [0.5, 0.6) is 0 Å². The van der Waals surface area contributed by atoms with Gasteiger partial charge in [0.25, 0.3) is 10.0 Å². The first-order valence-electron chi connectivity index (χ1n) is 10.3.